The van der Waals surface area contributed by atoms with Gasteiger partial charge in [-0.3, -0.25) is 10.2 Å². The van der Waals surface area contributed by atoms with Crippen LogP contribution in [0.4, 0.5) is 0 Å². The highest BCUT2D eigenvalue weighted by atomic mass is 35.5. The second kappa shape index (κ2) is 8.70. The normalized spacial score (nSPS) is 17.3. The summed E-state index contributed by atoms with van der Waals surface area (Å²) in [5.74, 6) is -0.553. The standard InChI is InChI=1S/C20H14Cl2N4O4S2/c1-32(28,29)20-25-31-19-24-18(27)14(17(23)26(19)20)8-12-4-7-16(15(22)9-12)30-10-11-2-5-13(21)6-3-11/h2-9,23H,10H2,1H3/b14-8-,23-17?. The highest BCUT2D eigenvalue weighted by Crippen LogP contribution is 2.31. The van der Waals surface area contributed by atoms with Gasteiger partial charge in [-0.25, -0.2) is 13.3 Å². The number of aliphatic imine (C=N–C) groups is 1. The predicted molar refractivity (Wildman–Crippen MR) is 127 cm³/mol. The lowest BCUT2D eigenvalue weighted by atomic mass is 10.1. The fourth-order valence-corrected chi connectivity index (χ4v) is 5.08. The Balaban J connectivity index is 1.56. The van der Waals surface area contributed by atoms with E-state index in [1.54, 1.807) is 30.3 Å². The maximum atomic E-state index is 12.4. The molecule has 0 spiro atoms. The van der Waals surface area contributed by atoms with E-state index in [1.165, 1.54) is 6.08 Å². The average molecular weight is 509 g/mol. The van der Waals surface area contributed by atoms with Crippen molar-refractivity contribution >= 4 is 73.1 Å². The van der Waals surface area contributed by atoms with Crippen molar-refractivity contribution in [2.75, 3.05) is 6.26 Å². The number of amidine groups is 3. The zero-order chi connectivity index (χ0) is 23.0. The smallest absolute Gasteiger partial charge is 0.283 e. The fourth-order valence-electron chi connectivity index (χ4n) is 2.87. The number of amides is 1. The van der Waals surface area contributed by atoms with Crippen molar-refractivity contribution < 1.29 is 17.9 Å². The van der Waals surface area contributed by atoms with Gasteiger partial charge in [0.2, 0.25) is 20.2 Å². The van der Waals surface area contributed by atoms with Crippen LogP contribution >= 0.6 is 35.1 Å². The summed E-state index contributed by atoms with van der Waals surface area (Å²) in [5.41, 5.74) is 1.35. The number of hydrogen-bond donors (Lipinski definition) is 1. The molecule has 0 atom stereocenters. The minimum atomic E-state index is -3.71. The number of rotatable bonds is 4. The molecular weight excluding hydrogens is 495 g/mol. The maximum absolute atomic E-state index is 12.4. The molecule has 12 heteroatoms. The van der Waals surface area contributed by atoms with Gasteiger partial charge in [0.05, 0.1) is 22.5 Å². The summed E-state index contributed by atoms with van der Waals surface area (Å²) in [5, 5.41) is 8.99. The zero-order valence-corrected chi connectivity index (χ0v) is 19.5. The number of hydrogen-bond acceptors (Lipinski definition) is 7. The number of benzene rings is 2. The molecule has 4 rings (SSSR count). The van der Waals surface area contributed by atoms with Crippen LogP contribution < -0.4 is 4.74 Å². The first-order valence-corrected chi connectivity index (χ1v) is 12.4. The molecule has 2 aromatic carbocycles. The molecule has 32 heavy (non-hydrogen) atoms. The van der Waals surface area contributed by atoms with Crippen molar-refractivity contribution in [3.8, 4) is 5.75 Å². The van der Waals surface area contributed by atoms with Crippen molar-refractivity contribution in [2.45, 2.75) is 6.61 Å². The summed E-state index contributed by atoms with van der Waals surface area (Å²) in [4.78, 5) is 17.3. The SMILES string of the molecule is CS(=O)(=O)C1=NSC2=NC(=O)/C(=C\c3ccc(OCc4ccc(Cl)cc4)c(Cl)c3)C(=N)N21. The van der Waals surface area contributed by atoms with Crippen LogP contribution in [0.3, 0.4) is 0 Å². The fraction of sp³-hybridized carbons (Fsp3) is 0.100. The van der Waals surface area contributed by atoms with Crippen LogP contribution in [0.25, 0.3) is 6.08 Å². The molecule has 2 heterocycles. The monoisotopic (exact) mass is 508 g/mol. The molecule has 0 saturated carbocycles. The largest absolute Gasteiger partial charge is 0.487 e. The molecule has 0 radical (unpaired) electrons. The van der Waals surface area contributed by atoms with Crippen molar-refractivity contribution in [3.63, 3.8) is 0 Å². The van der Waals surface area contributed by atoms with E-state index in [0.29, 0.717) is 21.4 Å². The van der Waals surface area contributed by atoms with Gasteiger partial charge in [0, 0.05) is 11.3 Å². The van der Waals surface area contributed by atoms with E-state index in [4.69, 9.17) is 33.3 Å². The number of halogens is 2. The van der Waals surface area contributed by atoms with E-state index in [2.05, 4.69) is 9.39 Å². The Morgan fingerprint density at radius 2 is 1.91 bits per heavy atom. The number of nitrogens with one attached hydrogen (secondary N) is 1. The van der Waals surface area contributed by atoms with Gasteiger partial charge in [-0.1, -0.05) is 41.4 Å². The Morgan fingerprint density at radius 1 is 1.19 bits per heavy atom. The first kappa shape index (κ1) is 22.5. The molecule has 0 aliphatic carbocycles. The first-order chi connectivity index (χ1) is 15.1. The molecule has 0 aromatic heterocycles. The van der Waals surface area contributed by atoms with Crippen LogP contribution in [0.1, 0.15) is 11.1 Å². The molecule has 0 saturated heterocycles. The summed E-state index contributed by atoms with van der Waals surface area (Å²) < 4.78 is 33.5. The van der Waals surface area contributed by atoms with Gasteiger partial charge in [0.25, 0.3) is 5.91 Å². The lowest BCUT2D eigenvalue weighted by Crippen LogP contribution is -2.45. The average Bonchev–Trinajstić information content (AvgIpc) is 3.16. The van der Waals surface area contributed by atoms with Gasteiger partial charge >= 0.3 is 0 Å². The molecule has 0 bridgehead atoms. The van der Waals surface area contributed by atoms with Crippen molar-refractivity contribution in [2.24, 2.45) is 9.39 Å². The molecule has 164 valence electrons. The molecule has 8 nitrogen and oxygen atoms in total. The predicted octanol–water partition coefficient (Wildman–Crippen LogP) is 4.19. The Labute approximate surface area is 198 Å². The number of carbonyl (C=O) groups is 1. The van der Waals surface area contributed by atoms with Gasteiger partial charge in [0.1, 0.15) is 18.2 Å². The van der Waals surface area contributed by atoms with E-state index in [-0.39, 0.29) is 28.4 Å². The Morgan fingerprint density at radius 3 is 2.56 bits per heavy atom. The third-order valence-electron chi connectivity index (χ3n) is 4.40. The van der Waals surface area contributed by atoms with E-state index >= 15 is 0 Å². The second-order valence-electron chi connectivity index (χ2n) is 6.78. The van der Waals surface area contributed by atoms with Gasteiger partial charge < -0.3 is 4.74 Å². The number of carbonyl (C=O) groups excluding carboxylic acids is 1. The van der Waals surface area contributed by atoms with E-state index < -0.39 is 15.7 Å². The lowest BCUT2D eigenvalue weighted by Gasteiger charge is -2.23. The zero-order valence-electron chi connectivity index (χ0n) is 16.4. The number of nitrogens with zero attached hydrogens (tertiary/aromatic N) is 3. The quantitative estimate of drug-likeness (QED) is 0.489. The Bertz CT molecular complexity index is 1340. The van der Waals surface area contributed by atoms with Crippen molar-refractivity contribution in [3.05, 3.63) is 69.2 Å². The van der Waals surface area contributed by atoms with Gasteiger partial charge in [0.15, 0.2) is 0 Å². The highest BCUT2D eigenvalue weighted by Gasteiger charge is 2.41. The second-order valence-corrected chi connectivity index (χ2v) is 10.3. The number of ether oxygens (including phenoxy) is 1. The topological polar surface area (TPSA) is 112 Å². The molecule has 1 N–H and O–H groups in total. The minimum Gasteiger partial charge on any atom is -0.487 e. The number of fused-ring (bicyclic) bond motifs is 1. The lowest BCUT2D eigenvalue weighted by molar-refractivity contribution is -0.114. The summed E-state index contributed by atoms with van der Waals surface area (Å²) in [6, 6.07) is 12.1. The van der Waals surface area contributed by atoms with Crippen LogP contribution in [-0.4, -0.2) is 41.7 Å². The van der Waals surface area contributed by atoms with Crippen molar-refractivity contribution in [1.82, 2.24) is 4.90 Å². The molecular formula is C20H14Cl2N4O4S2. The molecule has 1 amide bonds. The van der Waals surface area contributed by atoms with E-state index in [9.17, 15) is 13.2 Å². The first-order valence-electron chi connectivity index (χ1n) is 8.99. The summed E-state index contributed by atoms with van der Waals surface area (Å²) in [6.45, 7) is 0.290. The van der Waals surface area contributed by atoms with Crippen LogP contribution in [-0.2, 0) is 21.2 Å². The number of sulfone groups is 1. The summed E-state index contributed by atoms with van der Waals surface area (Å²) in [6.07, 6.45) is 2.40. The van der Waals surface area contributed by atoms with Crippen LogP contribution in [0, 0.1) is 5.41 Å². The van der Waals surface area contributed by atoms with Crippen LogP contribution in [0.5, 0.6) is 5.75 Å². The Kier molecular flexibility index (Phi) is 6.13. The van der Waals surface area contributed by atoms with Gasteiger partial charge in [-0.2, -0.15) is 9.39 Å². The molecule has 2 aliphatic heterocycles. The minimum absolute atomic E-state index is 0.0292. The van der Waals surface area contributed by atoms with Crippen LogP contribution in [0.2, 0.25) is 10.0 Å². The van der Waals surface area contributed by atoms with Crippen LogP contribution in [0.15, 0.2) is 57.4 Å². The van der Waals surface area contributed by atoms with Crippen molar-refractivity contribution in [1.29, 1.82) is 5.41 Å². The van der Waals surface area contributed by atoms with Gasteiger partial charge in [-0.05, 0) is 41.5 Å². The third-order valence-corrected chi connectivity index (χ3v) is 6.70. The molecule has 2 aliphatic rings. The van der Waals surface area contributed by atoms with E-state index in [1.807, 2.05) is 12.1 Å². The maximum Gasteiger partial charge on any atom is 0.283 e. The molecule has 0 unspecified atom stereocenters. The summed E-state index contributed by atoms with van der Waals surface area (Å²) in [7, 11) is -3.71. The third kappa shape index (κ3) is 4.58. The summed E-state index contributed by atoms with van der Waals surface area (Å²) >= 11 is 12.9. The van der Waals surface area contributed by atoms with E-state index in [0.717, 1.165) is 28.7 Å². The Hall–Kier alpha value is -2.66. The molecule has 0 fully saturated rings. The van der Waals surface area contributed by atoms with Gasteiger partial charge in [-0.15, -0.1) is 0 Å². The highest BCUT2D eigenvalue weighted by molar-refractivity contribution is 8.16. The molecule has 2 aromatic rings.